The molecule has 0 saturated carbocycles. The summed E-state index contributed by atoms with van der Waals surface area (Å²) >= 11 is 0. The first-order valence-electron chi connectivity index (χ1n) is 10.4. The summed E-state index contributed by atoms with van der Waals surface area (Å²) in [5.74, 6) is 1.96. The number of aliphatic hydroxyl groups is 1. The molecule has 0 amide bonds. The van der Waals surface area contributed by atoms with Crippen molar-refractivity contribution in [1.82, 2.24) is 10.4 Å². The van der Waals surface area contributed by atoms with E-state index < -0.39 is 0 Å². The average Bonchev–Trinajstić information content (AvgIpc) is 2.88. The van der Waals surface area contributed by atoms with Crippen molar-refractivity contribution in [2.75, 3.05) is 46.0 Å². The van der Waals surface area contributed by atoms with Crippen molar-refractivity contribution in [3.8, 4) is 11.5 Å². The lowest BCUT2D eigenvalue weighted by Gasteiger charge is -2.38. The van der Waals surface area contributed by atoms with Gasteiger partial charge in [-0.05, 0) is 46.6 Å². The zero-order chi connectivity index (χ0) is 20.5. The van der Waals surface area contributed by atoms with Gasteiger partial charge in [0.05, 0.1) is 13.2 Å². The lowest BCUT2D eigenvalue weighted by molar-refractivity contribution is -0.0677. The Morgan fingerprint density at radius 3 is 2.36 bits per heavy atom. The number of benzene rings is 1. The number of rotatable bonds is 7. The Balaban J connectivity index is 1.99. The van der Waals surface area contributed by atoms with Gasteiger partial charge in [0.15, 0.2) is 5.75 Å². The molecule has 0 aliphatic carbocycles. The van der Waals surface area contributed by atoms with E-state index >= 15 is 0 Å². The van der Waals surface area contributed by atoms with Crippen LogP contribution in [0, 0.1) is 20.8 Å². The number of fused-ring (bicyclic) bond motifs is 1. The molecule has 0 aromatic heterocycles. The highest BCUT2D eigenvalue weighted by Gasteiger charge is 2.53. The molecule has 1 atom stereocenters. The van der Waals surface area contributed by atoms with Gasteiger partial charge in [-0.3, -0.25) is 0 Å². The maximum Gasteiger partial charge on any atom is 0.154 e. The molecule has 28 heavy (non-hydrogen) atoms. The van der Waals surface area contributed by atoms with Crippen LogP contribution in [-0.4, -0.2) is 61.8 Å². The number of piperazine rings is 1. The van der Waals surface area contributed by atoms with E-state index in [9.17, 15) is 0 Å². The van der Waals surface area contributed by atoms with Gasteiger partial charge >= 0.3 is 0 Å². The van der Waals surface area contributed by atoms with Crippen LogP contribution in [-0.2, 0) is 10.2 Å². The SMILES string of the molecule is Cc1c(C)c2c(c(C)c1ON1CCNCC1)C(C)(CCOCCO)C(C)(C)O2. The minimum atomic E-state index is -0.354. The van der Waals surface area contributed by atoms with Crippen molar-refractivity contribution >= 4 is 0 Å². The molecule has 2 aliphatic rings. The monoisotopic (exact) mass is 392 g/mol. The predicted octanol–water partition coefficient (Wildman–Crippen LogP) is 2.64. The van der Waals surface area contributed by atoms with Gasteiger partial charge in [0.1, 0.15) is 11.4 Å². The van der Waals surface area contributed by atoms with E-state index in [0.717, 1.165) is 60.8 Å². The molecule has 0 radical (unpaired) electrons. The summed E-state index contributed by atoms with van der Waals surface area (Å²) in [6, 6.07) is 0. The van der Waals surface area contributed by atoms with Crippen molar-refractivity contribution < 1.29 is 19.4 Å². The number of hydroxylamine groups is 2. The van der Waals surface area contributed by atoms with Gasteiger partial charge in [-0.15, -0.1) is 5.06 Å². The predicted molar refractivity (Wildman–Crippen MR) is 110 cm³/mol. The minimum Gasteiger partial charge on any atom is -0.486 e. The third kappa shape index (κ3) is 3.63. The van der Waals surface area contributed by atoms with Gasteiger partial charge in [0.25, 0.3) is 0 Å². The van der Waals surface area contributed by atoms with Gasteiger partial charge in [-0.25, -0.2) is 0 Å². The van der Waals surface area contributed by atoms with Gasteiger partial charge < -0.3 is 24.7 Å². The summed E-state index contributed by atoms with van der Waals surface area (Å²) in [6.45, 7) is 17.6. The maximum absolute atomic E-state index is 9.01. The average molecular weight is 393 g/mol. The van der Waals surface area contributed by atoms with Crippen LogP contribution in [0.2, 0.25) is 0 Å². The Hall–Kier alpha value is -1.34. The molecule has 2 heterocycles. The first kappa shape index (κ1) is 21.4. The molecule has 1 unspecified atom stereocenters. The third-order valence-electron chi connectivity index (χ3n) is 6.70. The summed E-state index contributed by atoms with van der Waals surface area (Å²) in [5.41, 5.74) is 4.13. The largest absolute Gasteiger partial charge is 0.486 e. The highest BCUT2D eigenvalue weighted by atomic mass is 16.7. The summed E-state index contributed by atoms with van der Waals surface area (Å²) in [7, 11) is 0. The number of aliphatic hydroxyl groups excluding tert-OH is 1. The quantitative estimate of drug-likeness (QED) is 0.696. The lowest BCUT2D eigenvalue weighted by atomic mass is 9.68. The minimum absolute atomic E-state index is 0.0488. The Bertz CT molecular complexity index is 713. The van der Waals surface area contributed by atoms with Crippen molar-refractivity contribution in [2.45, 2.75) is 59.0 Å². The number of hydrogen-bond acceptors (Lipinski definition) is 6. The number of nitrogens with zero attached hydrogens (tertiary/aromatic N) is 1. The van der Waals surface area contributed by atoms with Crippen molar-refractivity contribution in [1.29, 1.82) is 0 Å². The molecule has 2 N–H and O–H groups in total. The lowest BCUT2D eigenvalue weighted by Crippen LogP contribution is -2.46. The number of nitrogens with one attached hydrogen (secondary N) is 1. The number of ether oxygens (including phenoxy) is 2. The Morgan fingerprint density at radius 2 is 1.71 bits per heavy atom. The Morgan fingerprint density at radius 1 is 1.04 bits per heavy atom. The highest BCUT2D eigenvalue weighted by Crippen LogP contribution is 2.56. The van der Waals surface area contributed by atoms with Gasteiger partial charge in [0, 0.05) is 54.9 Å². The van der Waals surface area contributed by atoms with Gasteiger partial charge in [0.2, 0.25) is 0 Å². The maximum atomic E-state index is 9.01. The second-order valence-electron chi connectivity index (χ2n) is 8.71. The van der Waals surface area contributed by atoms with E-state index in [1.165, 1.54) is 5.56 Å². The smallest absolute Gasteiger partial charge is 0.154 e. The molecular formula is C22H36N2O4. The molecule has 2 aliphatic heterocycles. The van der Waals surface area contributed by atoms with E-state index in [1.54, 1.807) is 0 Å². The van der Waals surface area contributed by atoms with Crippen LogP contribution in [0.5, 0.6) is 11.5 Å². The summed E-state index contributed by atoms with van der Waals surface area (Å²) < 4.78 is 12.1. The standard InChI is InChI=1S/C22H36N2O4/c1-15-16(2)20-18(17(3)19(15)28-24-10-8-23-9-11-24)22(6,21(4,5)27-20)7-13-26-14-12-25/h23,25H,7-14H2,1-6H3. The fourth-order valence-corrected chi connectivity index (χ4v) is 4.42. The molecule has 3 rings (SSSR count). The van der Waals surface area contributed by atoms with Crippen LogP contribution in [0.1, 0.15) is 49.4 Å². The molecule has 0 bridgehead atoms. The molecular weight excluding hydrogens is 356 g/mol. The molecule has 1 aromatic rings. The molecule has 1 saturated heterocycles. The van der Waals surface area contributed by atoms with Gasteiger partial charge in [-0.1, -0.05) is 6.92 Å². The number of hydrogen-bond donors (Lipinski definition) is 2. The van der Waals surface area contributed by atoms with E-state index in [-0.39, 0.29) is 17.6 Å². The fourth-order valence-electron chi connectivity index (χ4n) is 4.42. The topological polar surface area (TPSA) is 63.2 Å². The van der Waals surface area contributed by atoms with Crippen molar-refractivity contribution in [2.24, 2.45) is 0 Å². The van der Waals surface area contributed by atoms with E-state index in [0.29, 0.717) is 13.2 Å². The van der Waals surface area contributed by atoms with Crippen LogP contribution in [0.3, 0.4) is 0 Å². The zero-order valence-corrected chi connectivity index (χ0v) is 18.3. The molecule has 0 spiro atoms. The van der Waals surface area contributed by atoms with Gasteiger partial charge in [-0.2, -0.15) is 0 Å². The summed E-state index contributed by atoms with van der Waals surface area (Å²) in [4.78, 5) is 6.40. The normalized spacial score (nSPS) is 24.1. The first-order chi connectivity index (χ1) is 13.2. The van der Waals surface area contributed by atoms with Crippen molar-refractivity contribution in [3.63, 3.8) is 0 Å². The molecule has 1 fully saturated rings. The van der Waals surface area contributed by atoms with E-state index in [2.05, 4.69) is 51.9 Å². The van der Waals surface area contributed by atoms with Crippen LogP contribution in [0.4, 0.5) is 0 Å². The van der Waals surface area contributed by atoms with Crippen LogP contribution >= 0.6 is 0 Å². The first-order valence-corrected chi connectivity index (χ1v) is 10.4. The van der Waals surface area contributed by atoms with Crippen LogP contribution < -0.4 is 14.9 Å². The Kier molecular flexibility index (Phi) is 6.25. The van der Waals surface area contributed by atoms with Crippen LogP contribution in [0.25, 0.3) is 0 Å². The third-order valence-corrected chi connectivity index (χ3v) is 6.70. The van der Waals surface area contributed by atoms with Crippen molar-refractivity contribution in [3.05, 3.63) is 22.3 Å². The molecule has 6 heteroatoms. The molecule has 6 nitrogen and oxygen atoms in total. The highest BCUT2D eigenvalue weighted by molar-refractivity contribution is 5.63. The second kappa shape index (κ2) is 8.19. The Labute approximate surface area is 169 Å². The van der Waals surface area contributed by atoms with Crippen LogP contribution in [0.15, 0.2) is 0 Å². The fraction of sp³-hybridized carbons (Fsp3) is 0.727. The van der Waals surface area contributed by atoms with E-state index in [1.807, 2.05) is 0 Å². The molecule has 1 aromatic carbocycles. The summed E-state index contributed by atoms with van der Waals surface area (Å²) in [6.07, 6.45) is 0.823. The van der Waals surface area contributed by atoms with E-state index in [4.69, 9.17) is 19.4 Å². The molecule has 158 valence electrons. The summed E-state index contributed by atoms with van der Waals surface area (Å²) in [5, 5.41) is 14.4. The second-order valence-corrected chi connectivity index (χ2v) is 8.71. The zero-order valence-electron chi connectivity index (χ0n) is 18.3.